The van der Waals surface area contributed by atoms with Gasteiger partial charge in [-0.25, -0.2) is 4.98 Å². The van der Waals surface area contributed by atoms with Gasteiger partial charge in [-0.15, -0.1) is 10.2 Å². The molecule has 2 heterocycles. The first-order chi connectivity index (χ1) is 9.22. The lowest BCUT2D eigenvalue weighted by Gasteiger charge is -2.39. The molecule has 1 fully saturated rings. The highest BCUT2D eigenvalue weighted by Crippen LogP contribution is 2.34. The molecule has 0 spiro atoms. The summed E-state index contributed by atoms with van der Waals surface area (Å²) >= 11 is 0. The molecule has 0 aromatic carbocycles. The van der Waals surface area contributed by atoms with Crippen LogP contribution in [0.15, 0.2) is 18.7 Å². The zero-order valence-electron chi connectivity index (χ0n) is 11.1. The van der Waals surface area contributed by atoms with E-state index < -0.39 is 0 Å². The molecule has 6 nitrogen and oxygen atoms in total. The lowest BCUT2D eigenvalue weighted by Crippen LogP contribution is -2.46. The number of aliphatic hydroxyl groups excluding tert-OH is 1. The minimum atomic E-state index is -0.279. The summed E-state index contributed by atoms with van der Waals surface area (Å²) in [7, 11) is 0. The maximum Gasteiger partial charge on any atom is 0.203 e. The monoisotopic (exact) mass is 261 g/mol. The first kappa shape index (κ1) is 12.3. The first-order valence-corrected chi connectivity index (χ1v) is 6.76. The number of nitrogens with one attached hydrogen (secondary N) is 1. The van der Waals surface area contributed by atoms with E-state index in [1.165, 1.54) is 6.42 Å². The van der Waals surface area contributed by atoms with Crippen LogP contribution in [0.2, 0.25) is 0 Å². The lowest BCUT2D eigenvalue weighted by molar-refractivity contribution is 0.149. The van der Waals surface area contributed by atoms with Crippen molar-refractivity contribution in [1.29, 1.82) is 0 Å². The second-order valence-corrected chi connectivity index (χ2v) is 5.60. The summed E-state index contributed by atoms with van der Waals surface area (Å²) in [4.78, 5) is 4.35. The molecule has 2 aromatic rings. The summed E-state index contributed by atoms with van der Waals surface area (Å²) in [6.07, 6.45) is 9.46. The number of hydrogen-bond acceptors (Lipinski definition) is 5. The van der Waals surface area contributed by atoms with Gasteiger partial charge in [-0.1, -0.05) is 19.8 Å². The Morgan fingerprint density at radius 2 is 2.47 bits per heavy atom. The third kappa shape index (κ3) is 2.28. The molecule has 0 radical (unpaired) electrons. The van der Waals surface area contributed by atoms with Crippen LogP contribution < -0.4 is 5.32 Å². The Balaban J connectivity index is 1.92. The van der Waals surface area contributed by atoms with Crippen LogP contribution in [0.5, 0.6) is 0 Å². The van der Waals surface area contributed by atoms with Crippen molar-refractivity contribution in [3.8, 4) is 0 Å². The van der Waals surface area contributed by atoms with E-state index in [1.807, 2.05) is 10.6 Å². The van der Waals surface area contributed by atoms with Crippen LogP contribution in [0.3, 0.4) is 0 Å². The van der Waals surface area contributed by atoms with E-state index in [2.05, 4.69) is 27.4 Å². The summed E-state index contributed by atoms with van der Waals surface area (Å²) in [5.74, 6) is 1.31. The second kappa shape index (κ2) is 4.77. The van der Waals surface area contributed by atoms with Gasteiger partial charge in [0.2, 0.25) is 5.65 Å². The van der Waals surface area contributed by atoms with Crippen LogP contribution in [0.4, 0.5) is 5.82 Å². The fraction of sp³-hybridized carbons (Fsp3) is 0.615. The fourth-order valence-electron chi connectivity index (χ4n) is 3.05. The van der Waals surface area contributed by atoms with Crippen LogP contribution in [-0.2, 0) is 0 Å². The highest BCUT2D eigenvalue weighted by molar-refractivity contribution is 5.62. The molecule has 19 heavy (non-hydrogen) atoms. The molecule has 2 unspecified atom stereocenters. The van der Waals surface area contributed by atoms with Crippen molar-refractivity contribution in [3.63, 3.8) is 0 Å². The SMILES string of the molecule is CC1CCCC(CO)(Nc2nccn3cnnc23)C1. The van der Waals surface area contributed by atoms with Gasteiger partial charge < -0.3 is 10.4 Å². The van der Waals surface area contributed by atoms with Gasteiger partial charge in [0.05, 0.1) is 12.1 Å². The Labute approximate surface area is 111 Å². The lowest BCUT2D eigenvalue weighted by atomic mass is 9.77. The summed E-state index contributed by atoms with van der Waals surface area (Å²) in [5.41, 5.74) is 0.423. The van der Waals surface area contributed by atoms with Gasteiger partial charge in [-0.05, 0) is 18.8 Å². The molecule has 3 rings (SSSR count). The van der Waals surface area contributed by atoms with E-state index >= 15 is 0 Å². The summed E-state index contributed by atoms with van der Waals surface area (Å²) in [6.45, 7) is 2.35. The normalized spacial score (nSPS) is 27.6. The molecular formula is C13H19N5O. The number of fused-ring (bicyclic) bond motifs is 1. The smallest absolute Gasteiger partial charge is 0.203 e. The Kier molecular flexibility index (Phi) is 3.10. The molecule has 0 saturated heterocycles. The predicted molar refractivity (Wildman–Crippen MR) is 71.9 cm³/mol. The molecule has 0 bridgehead atoms. The maximum absolute atomic E-state index is 9.81. The molecule has 0 amide bonds. The van der Waals surface area contributed by atoms with Gasteiger partial charge in [0, 0.05) is 12.4 Å². The average molecular weight is 261 g/mol. The molecule has 2 atom stereocenters. The van der Waals surface area contributed by atoms with Gasteiger partial charge in [0.1, 0.15) is 6.33 Å². The van der Waals surface area contributed by atoms with Crippen LogP contribution >= 0.6 is 0 Å². The standard InChI is InChI=1S/C13H19N5O/c1-10-3-2-4-13(7-10,8-19)16-11-12-17-15-9-18(12)6-5-14-11/h5-6,9-10,19H,2-4,7-8H2,1H3,(H,14,16). The molecule has 2 aromatic heterocycles. The molecule has 6 heteroatoms. The topological polar surface area (TPSA) is 75.3 Å². The Morgan fingerprint density at radius 3 is 3.26 bits per heavy atom. The van der Waals surface area contributed by atoms with Gasteiger partial charge in [0.15, 0.2) is 5.82 Å². The second-order valence-electron chi connectivity index (χ2n) is 5.60. The largest absolute Gasteiger partial charge is 0.394 e. The summed E-state index contributed by atoms with van der Waals surface area (Å²) < 4.78 is 1.83. The van der Waals surface area contributed by atoms with Crippen molar-refractivity contribution >= 4 is 11.5 Å². The van der Waals surface area contributed by atoms with E-state index in [4.69, 9.17) is 0 Å². The number of hydrogen-bond donors (Lipinski definition) is 2. The van der Waals surface area contributed by atoms with Crippen molar-refractivity contribution < 1.29 is 5.11 Å². The van der Waals surface area contributed by atoms with Gasteiger partial charge >= 0.3 is 0 Å². The van der Waals surface area contributed by atoms with Crippen molar-refractivity contribution in [3.05, 3.63) is 18.7 Å². The summed E-state index contributed by atoms with van der Waals surface area (Å²) in [6, 6.07) is 0. The molecular weight excluding hydrogens is 242 g/mol. The first-order valence-electron chi connectivity index (χ1n) is 6.76. The van der Waals surface area contributed by atoms with Crippen LogP contribution in [-0.4, -0.2) is 36.8 Å². The van der Waals surface area contributed by atoms with Crippen molar-refractivity contribution in [2.45, 2.75) is 38.1 Å². The van der Waals surface area contributed by atoms with E-state index in [-0.39, 0.29) is 12.1 Å². The number of rotatable bonds is 3. The maximum atomic E-state index is 9.81. The van der Waals surface area contributed by atoms with E-state index in [1.54, 1.807) is 12.5 Å². The Morgan fingerprint density at radius 1 is 1.58 bits per heavy atom. The van der Waals surface area contributed by atoms with Gasteiger partial charge in [-0.3, -0.25) is 4.40 Å². The zero-order chi connectivity index (χ0) is 13.3. The summed E-state index contributed by atoms with van der Waals surface area (Å²) in [5, 5.41) is 21.2. The third-order valence-corrected chi connectivity index (χ3v) is 3.99. The van der Waals surface area contributed by atoms with Gasteiger partial charge in [0.25, 0.3) is 0 Å². The molecule has 0 aliphatic heterocycles. The minimum Gasteiger partial charge on any atom is -0.394 e. The molecule has 102 valence electrons. The third-order valence-electron chi connectivity index (χ3n) is 3.99. The number of aromatic nitrogens is 4. The Hall–Kier alpha value is -1.69. The van der Waals surface area contributed by atoms with Crippen LogP contribution in [0.1, 0.15) is 32.6 Å². The highest BCUT2D eigenvalue weighted by Gasteiger charge is 2.35. The molecule has 1 aliphatic rings. The van der Waals surface area contributed by atoms with E-state index in [9.17, 15) is 5.11 Å². The van der Waals surface area contributed by atoms with Crippen molar-refractivity contribution in [2.75, 3.05) is 11.9 Å². The minimum absolute atomic E-state index is 0.119. The number of anilines is 1. The number of aliphatic hydroxyl groups is 1. The van der Waals surface area contributed by atoms with Crippen molar-refractivity contribution in [1.82, 2.24) is 19.6 Å². The molecule has 1 saturated carbocycles. The predicted octanol–water partition coefficient (Wildman–Crippen LogP) is 1.48. The highest BCUT2D eigenvalue weighted by atomic mass is 16.3. The number of nitrogens with zero attached hydrogens (tertiary/aromatic N) is 4. The quantitative estimate of drug-likeness (QED) is 0.875. The Bertz CT molecular complexity index is 569. The zero-order valence-corrected chi connectivity index (χ0v) is 11.1. The fourth-order valence-corrected chi connectivity index (χ4v) is 3.05. The van der Waals surface area contributed by atoms with Gasteiger partial charge in [-0.2, -0.15) is 0 Å². The molecule has 1 aliphatic carbocycles. The van der Waals surface area contributed by atoms with Crippen LogP contribution in [0.25, 0.3) is 5.65 Å². The van der Waals surface area contributed by atoms with E-state index in [0.717, 1.165) is 19.3 Å². The van der Waals surface area contributed by atoms with Crippen molar-refractivity contribution in [2.24, 2.45) is 5.92 Å². The van der Waals surface area contributed by atoms with E-state index in [0.29, 0.717) is 17.4 Å². The molecule has 2 N–H and O–H groups in total. The van der Waals surface area contributed by atoms with Crippen LogP contribution in [0, 0.1) is 5.92 Å². The average Bonchev–Trinajstić information content (AvgIpc) is 2.88.